The molecule has 2 aliphatic rings. The summed E-state index contributed by atoms with van der Waals surface area (Å²) in [6, 6.07) is 0. The first-order valence-corrected chi connectivity index (χ1v) is 10.2. The Labute approximate surface area is 162 Å². The van der Waals surface area contributed by atoms with E-state index in [9.17, 15) is 19.5 Å². The van der Waals surface area contributed by atoms with Crippen LogP contribution in [0.1, 0.15) is 72.6 Å². The van der Waals surface area contributed by atoms with Gasteiger partial charge in [-0.2, -0.15) is 0 Å². The SMILES string of the molecule is C[C@@H]1C[C@@H](CC=O)[C@]2(CCCN(C(=O)OC(C)(C)C)CCCC2=O)[C@@H](O)C1. The van der Waals surface area contributed by atoms with Crippen molar-refractivity contribution in [2.24, 2.45) is 17.3 Å². The fraction of sp³-hybridized carbons (Fsp3) is 0.857. The van der Waals surface area contributed by atoms with Gasteiger partial charge in [0.05, 0.1) is 11.5 Å². The molecule has 1 amide bonds. The first-order chi connectivity index (χ1) is 12.6. The molecular formula is C21H35NO5. The maximum absolute atomic E-state index is 13.2. The molecule has 1 aliphatic heterocycles. The molecule has 0 unspecified atom stereocenters. The van der Waals surface area contributed by atoms with E-state index in [2.05, 4.69) is 6.92 Å². The number of hydrogen-bond acceptors (Lipinski definition) is 5. The molecule has 6 nitrogen and oxygen atoms in total. The number of amides is 1. The molecule has 0 aromatic carbocycles. The summed E-state index contributed by atoms with van der Waals surface area (Å²) < 4.78 is 5.48. The molecular weight excluding hydrogens is 346 g/mol. The third-order valence-corrected chi connectivity index (χ3v) is 6.04. The van der Waals surface area contributed by atoms with Crippen LogP contribution in [0.5, 0.6) is 0 Å². The first-order valence-electron chi connectivity index (χ1n) is 10.2. The van der Waals surface area contributed by atoms with Crippen molar-refractivity contribution in [3.63, 3.8) is 0 Å². The van der Waals surface area contributed by atoms with E-state index in [1.807, 2.05) is 20.8 Å². The van der Waals surface area contributed by atoms with Crippen LogP contribution in [0.25, 0.3) is 0 Å². The number of carbonyl (C=O) groups excluding carboxylic acids is 3. The summed E-state index contributed by atoms with van der Waals surface area (Å²) in [7, 11) is 0. The summed E-state index contributed by atoms with van der Waals surface area (Å²) >= 11 is 0. The summed E-state index contributed by atoms with van der Waals surface area (Å²) in [5.41, 5.74) is -1.41. The van der Waals surface area contributed by atoms with Crippen molar-refractivity contribution in [3.8, 4) is 0 Å². The lowest BCUT2D eigenvalue weighted by Gasteiger charge is -2.48. The van der Waals surface area contributed by atoms with Crippen molar-refractivity contribution >= 4 is 18.2 Å². The average Bonchev–Trinajstić information content (AvgIpc) is 2.61. The molecule has 4 atom stereocenters. The molecule has 27 heavy (non-hydrogen) atoms. The van der Waals surface area contributed by atoms with E-state index < -0.39 is 17.1 Å². The summed E-state index contributed by atoms with van der Waals surface area (Å²) in [5.74, 6) is 0.239. The van der Waals surface area contributed by atoms with Crippen LogP contribution >= 0.6 is 0 Å². The van der Waals surface area contributed by atoms with Crippen LogP contribution < -0.4 is 0 Å². The average molecular weight is 382 g/mol. The van der Waals surface area contributed by atoms with Crippen molar-refractivity contribution < 1.29 is 24.2 Å². The molecule has 2 fully saturated rings. The Morgan fingerprint density at radius 1 is 1.30 bits per heavy atom. The fourth-order valence-electron chi connectivity index (χ4n) is 4.85. The second-order valence-electron chi connectivity index (χ2n) is 9.33. The van der Waals surface area contributed by atoms with E-state index >= 15 is 0 Å². The third-order valence-electron chi connectivity index (χ3n) is 6.04. The van der Waals surface area contributed by atoms with Crippen molar-refractivity contribution in [2.75, 3.05) is 13.1 Å². The Bertz CT molecular complexity index is 555. The number of ketones is 1. The van der Waals surface area contributed by atoms with Gasteiger partial charge in [-0.25, -0.2) is 4.79 Å². The summed E-state index contributed by atoms with van der Waals surface area (Å²) in [6.07, 6.45) is 3.50. The number of ether oxygens (including phenoxy) is 1. The minimum Gasteiger partial charge on any atom is -0.444 e. The summed E-state index contributed by atoms with van der Waals surface area (Å²) in [6.45, 7) is 8.55. The van der Waals surface area contributed by atoms with E-state index in [4.69, 9.17) is 4.74 Å². The number of nitrogens with zero attached hydrogens (tertiary/aromatic N) is 1. The van der Waals surface area contributed by atoms with Gasteiger partial charge in [0.25, 0.3) is 0 Å². The van der Waals surface area contributed by atoms with Gasteiger partial charge in [0.1, 0.15) is 17.7 Å². The molecule has 1 saturated heterocycles. The van der Waals surface area contributed by atoms with Gasteiger partial charge in [-0.1, -0.05) is 6.92 Å². The number of rotatable bonds is 2. The number of aliphatic hydroxyl groups excluding tert-OH is 1. The van der Waals surface area contributed by atoms with Gasteiger partial charge in [0.2, 0.25) is 0 Å². The van der Waals surface area contributed by atoms with E-state index in [-0.39, 0.29) is 17.8 Å². The van der Waals surface area contributed by atoms with E-state index in [0.29, 0.717) is 57.5 Å². The van der Waals surface area contributed by atoms with Crippen LogP contribution in [0.3, 0.4) is 0 Å². The van der Waals surface area contributed by atoms with Gasteiger partial charge in [-0.05, 0) is 64.7 Å². The van der Waals surface area contributed by atoms with Crippen molar-refractivity contribution in [2.45, 2.75) is 84.3 Å². The molecule has 0 radical (unpaired) electrons. The molecule has 154 valence electrons. The lowest BCUT2D eigenvalue weighted by Crippen LogP contribution is -2.52. The number of hydrogen-bond donors (Lipinski definition) is 1. The van der Waals surface area contributed by atoms with Crippen LogP contribution in [0.15, 0.2) is 0 Å². The predicted octanol–water partition coefficient (Wildman–Crippen LogP) is 3.35. The second-order valence-corrected chi connectivity index (χ2v) is 9.33. The number of Topliss-reactive ketones (excluding diaryl/α,β-unsaturated/α-hetero) is 1. The van der Waals surface area contributed by atoms with Crippen LogP contribution in [-0.2, 0) is 14.3 Å². The van der Waals surface area contributed by atoms with Gasteiger partial charge in [0, 0.05) is 25.9 Å². The quantitative estimate of drug-likeness (QED) is 0.742. The monoisotopic (exact) mass is 381 g/mol. The molecule has 1 saturated carbocycles. The lowest BCUT2D eigenvalue weighted by atomic mass is 9.56. The molecule has 0 bridgehead atoms. The number of aldehydes is 1. The third kappa shape index (κ3) is 5.09. The smallest absolute Gasteiger partial charge is 0.410 e. The zero-order chi connectivity index (χ0) is 20.2. The molecule has 1 spiro atoms. The summed E-state index contributed by atoms with van der Waals surface area (Å²) in [4.78, 5) is 38.6. The maximum Gasteiger partial charge on any atom is 0.410 e. The molecule has 0 aromatic rings. The Hall–Kier alpha value is -1.43. The highest BCUT2D eigenvalue weighted by Crippen LogP contribution is 2.50. The van der Waals surface area contributed by atoms with Crippen molar-refractivity contribution in [1.29, 1.82) is 0 Å². The van der Waals surface area contributed by atoms with Gasteiger partial charge in [-0.15, -0.1) is 0 Å². The van der Waals surface area contributed by atoms with Gasteiger partial charge < -0.3 is 19.5 Å². The van der Waals surface area contributed by atoms with E-state index in [1.165, 1.54) is 0 Å². The lowest BCUT2D eigenvalue weighted by molar-refractivity contribution is -0.151. The van der Waals surface area contributed by atoms with E-state index in [1.54, 1.807) is 4.90 Å². The van der Waals surface area contributed by atoms with Gasteiger partial charge in [-0.3, -0.25) is 4.79 Å². The highest BCUT2D eigenvalue weighted by molar-refractivity contribution is 5.86. The Morgan fingerprint density at radius 2 is 1.96 bits per heavy atom. The Kier molecular flexibility index (Phi) is 7.06. The highest BCUT2D eigenvalue weighted by Gasteiger charge is 2.52. The van der Waals surface area contributed by atoms with Crippen molar-refractivity contribution in [3.05, 3.63) is 0 Å². The largest absolute Gasteiger partial charge is 0.444 e. The predicted molar refractivity (Wildman–Crippen MR) is 102 cm³/mol. The standard InChI is InChI=1S/C21H35NO5/c1-15-13-16(8-12-23)21(18(25)14-15)9-6-11-22(10-5-7-17(21)24)19(26)27-20(2,3)4/h12,15-16,18,25H,5-11,13-14H2,1-4H3/t15-,16-,18+,21+/m1/s1. The first kappa shape index (κ1) is 21.9. The molecule has 2 rings (SSSR count). The van der Waals surface area contributed by atoms with Crippen LogP contribution in [0.4, 0.5) is 4.79 Å². The zero-order valence-corrected chi connectivity index (χ0v) is 17.2. The molecule has 1 N–H and O–H groups in total. The topological polar surface area (TPSA) is 83.9 Å². The van der Waals surface area contributed by atoms with Crippen molar-refractivity contribution in [1.82, 2.24) is 4.90 Å². The number of carbonyl (C=O) groups is 3. The highest BCUT2D eigenvalue weighted by atomic mass is 16.6. The van der Waals surface area contributed by atoms with Crippen LogP contribution in [0.2, 0.25) is 0 Å². The fourth-order valence-corrected chi connectivity index (χ4v) is 4.85. The van der Waals surface area contributed by atoms with E-state index in [0.717, 1.165) is 12.7 Å². The number of aliphatic hydroxyl groups is 1. The Morgan fingerprint density at radius 3 is 2.59 bits per heavy atom. The summed E-state index contributed by atoms with van der Waals surface area (Å²) in [5, 5.41) is 10.9. The molecule has 1 heterocycles. The minimum atomic E-state index is -0.850. The second kappa shape index (κ2) is 8.72. The molecule has 6 heteroatoms. The molecule has 1 aliphatic carbocycles. The van der Waals surface area contributed by atoms with Crippen LogP contribution in [0, 0.1) is 17.3 Å². The zero-order valence-electron chi connectivity index (χ0n) is 17.2. The maximum atomic E-state index is 13.2. The van der Waals surface area contributed by atoms with Crippen LogP contribution in [-0.4, -0.2) is 53.0 Å². The van der Waals surface area contributed by atoms with Gasteiger partial charge >= 0.3 is 6.09 Å². The minimum absolute atomic E-state index is 0.0554. The van der Waals surface area contributed by atoms with Gasteiger partial charge in [0.15, 0.2) is 0 Å². The normalized spacial score (nSPS) is 33.1. The Balaban J connectivity index is 2.19. The molecule has 0 aromatic heterocycles.